The lowest BCUT2D eigenvalue weighted by molar-refractivity contribution is -0.131. The molecule has 0 bridgehead atoms. The van der Waals surface area contributed by atoms with Crippen molar-refractivity contribution in [1.82, 2.24) is 4.90 Å². The first-order valence-corrected chi connectivity index (χ1v) is 10.1. The number of nitrogens with zero attached hydrogens (tertiary/aromatic N) is 1. The Hall–Kier alpha value is -2.29. The Balaban J connectivity index is 2.25. The molecule has 27 heavy (non-hydrogen) atoms. The van der Waals surface area contributed by atoms with Crippen molar-refractivity contribution in [3.05, 3.63) is 65.7 Å². The highest BCUT2D eigenvalue weighted by Gasteiger charge is 2.21. The minimum absolute atomic E-state index is 0.0583. The predicted octanol–water partition coefficient (Wildman–Crippen LogP) is 5.64. The van der Waals surface area contributed by atoms with Gasteiger partial charge in [-0.05, 0) is 49.9 Å². The lowest BCUT2D eigenvalue weighted by atomic mass is 9.88. The quantitative estimate of drug-likeness (QED) is 0.543. The molecule has 0 heterocycles. The van der Waals surface area contributed by atoms with Gasteiger partial charge in [0, 0.05) is 25.4 Å². The van der Waals surface area contributed by atoms with Gasteiger partial charge in [-0.1, -0.05) is 56.3 Å². The lowest BCUT2D eigenvalue weighted by Crippen LogP contribution is -2.33. The molecule has 3 heteroatoms. The van der Waals surface area contributed by atoms with Crippen LogP contribution in [0.25, 0.3) is 0 Å². The number of rotatable bonds is 10. The lowest BCUT2D eigenvalue weighted by Gasteiger charge is -2.25. The van der Waals surface area contributed by atoms with Gasteiger partial charge in [0.25, 0.3) is 0 Å². The smallest absolute Gasteiger partial charge is 0.223 e. The number of carbonyl (C=O) groups is 1. The zero-order valence-electron chi connectivity index (χ0n) is 17.2. The Labute approximate surface area is 164 Å². The zero-order chi connectivity index (χ0) is 19.6. The maximum atomic E-state index is 13.0. The van der Waals surface area contributed by atoms with Crippen molar-refractivity contribution in [2.24, 2.45) is 0 Å². The molecule has 0 aliphatic rings. The van der Waals surface area contributed by atoms with Gasteiger partial charge >= 0.3 is 0 Å². The van der Waals surface area contributed by atoms with E-state index < -0.39 is 0 Å². The first-order valence-electron chi connectivity index (χ1n) is 10.1. The first-order chi connectivity index (χ1) is 13.0. The summed E-state index contributed by atoms with van der Waals surface area (Å²) in [7, 11) is 0. The van der Waals surface area contributed by atoms with Crippen molar-refractivity contribution in [1.29, 1.82) is 0 Å². The second-order valence-corrected chi connectivity index (χ2v) is 7.28. The number of ether oxygens (including phenoxy) is 1. The molecule has 0 spiro atoms. The third-order valence-corrected chi connectivity index (χ3v) is 4.57. The third kappa shape index (κ3) is 6.42. The van der Waals surface area contributed by atoms with Crippen LogP contribution < -0.4 is 4.74 Å². The van der Waals surface area contributed by atoms with Crippen molar-refractivity contribution in [3.63, 3.8) is 0 Å². The van der Waals surface area contributed by atoms with E-state index in [0.717, 1.165) is 37.2 Å². The van der Waals surface area contributed by atoms with E-state index in [0.29, 0.717) is 6.42 Å². The summed E-state index contributed by atoms with van der Waals surface area (Å²) < 4.78 is 5.76. The Kier molecular flexibility index (Phi) is 8.38. The molecule has 0 N–H and O–H groups in total. The van der Waals surface area contributed by atoms with Crippen LogP contribution in [0.15, 0.2) is 54.6 Å². The number of benzene rings is 2. The Bertz CT molecular complexity index is 673. The van der Waals surface area contributed by atoms with Crippen molar-refractivity contribution >= 4 is 5.91 Å². The topological polar surface area (TPSA) is 29.5 Å². The summed E-state index contributed by atoms with van der Waals surface area (Å²) in [6.07, 6.45) is 2.62. The Morgan fingerprint density at radius 2 is 1.44 bits per heavy atom. The second kappa shape index (κ2) is 10.8. The molecule has 146 valence electrons. The van der Waals surface area contributed by atoms with Gasteiger partial charge in [0.1, 0.15) is 5.75 Å². The molecule has 0 aromatic heterocycles. The monoisotopic (exact) mass is 367 g/mol. The van der Waals surface area contributed by atoms with Crippen LogP contribution in [-0.4, -0.2) is 30.0 Å². The van der Waals surface area contributed by atoms with Gasteiger partial charge in [0.15, 0.2) is 0 Å². The summed E-state index contributed by atoms with van der Waals surface area (Å²) in [5.41, 5.74) is 2.33. The number of hydrogen-bond donors (Lipinski definition) is 0. The fourth-order valence-electron chi connectivity index (χ4n) is 3.37. The van der Waals surface area contributed by atoms with Crippen LogP contribution in [0, 0.1) is 0 Å². The van der Waals surface area contributed by atoms with Crippen molar-refractivity contribution in [2.75, 3.05) is 13.1 Å². The fourth-order valence-corrected chi connectivity index (χ4v) is 3.37. The summed E-state index contributed by atoms with van der Waals surface area (Å²) in [5, 5.41) is 0. The van der Waals surface area contributed by atoms with Crippen molar-refractivity contribution < 1.29 is 9.53 Å². The molecule has 0 saturated carbocycles. The second-order valence-electron chi connectivity index (χ2n) is 7.28. The fraction of sp³-hybridized carbons (Fsp3) is 0.458. The minimum Gasteiger partial charge on any atom is -0.491 e. The van der Waals surface area contributed by atoms with Crippen molar-refractivity contribution in [3.8, 4) is 5.75 Å². The first kappa shape index (κ1) is 21.0. The third-order valence-electron chi connectivity index (χ3n) is 4.57. The molecule has 2 aromatic rings. The molecule has 1 atom stereocenters. The van der Waals surface area contributed by atoms with Gasteiger partial charge in [-0.2, -0.15) is 0 Å². The Morgan fingerprint density at radius 1 is 0.889 bits per heavy atom. The van der Waals surface area contributed by atoms with Gasteiger partial charge in [0.2, 0.25) is 5.91 Å². The Morgan fingerprint density at radius 3 is 1.96 bits per heavy atom. The van der Waals surface area contributed by atoms with Crippen LogP contribution in [-0.2, 0) is 4.79 Å². The van der Waals surface area contributed by atoms with E-state index in [4.69, 9.17) is 4.74 Å². The van der Waals surface area contributed by atoms with Crippen LogP contribution in [0.3, 0.4) is 0 Å². The van der Waals surface area contributed by atoms with E-state index in [2.05, 4.69) is 38.1 Å². The SMILES string of the molecule is CCCN(CCC)C(=O)C[C@H](c1ccccc1)c1ccc(OC(C)C)cc1. The van der Waals surface area contributed by atoms with Crippen molar-refractivity contribution in [2.45, 2.75) is 59.0 Å². The predicted molar refractivity (Wildman–Crippen MR) is 112 cm³/mol. The molecule has 0 unspecified atom stereocenters. The van der Waals surface area contributed by atoms with Gasteiger partial charge in [0.05, 0.1) is 6.10 Å². The van der Waals surface area contributed by atoms with Crippen LogP contribution in [0.1, 0.15) is 64.0 Å². The molecular weight excluding hydrogens is 334 g/mol. The van der Waals surface area contributed by atoms with Gasteiger partial charge < -0.3 is 9.64 Å². The molecule has 0 aliphatic carbocycles. The van der Waals surface area contributed by atoms with Crippen LogP contribution >= 0.6 is 0 Å². The van der Waals surface area contributed by atoms with E-state index in [-0.39, 0.29) is 17.9 Å². The molecule has 0 aliphatic heterocycles. The largest absolute Gasteiger partial charge is 0.491 e. The standard InChI is InChI=1S/C24H33NO2/c1-5-16-25(17-6-2)24(26)18-23(20-10-8-7-9-11-20)21-12-14-22(15-13-21)27-19(3)4/h7-15,19,23H,5-6,16-18H2,1-4H3/t23-/m1/s1. The number of carbonyl (C=O) groups excluding carboxylic acids is 1. The van der Waals surface area contributed by atoms with E-state index >= 15 is 0 Å². The van der Waals surface area contributed by atoms with E-state index in [9.17, 15) is 4.79 Å². The molecule has 3 nitrogen and oxygen atoms in total. The van der Waals surface area contributed by atoms with Gasteiger partial charge in [-0.25, -0.2) is 0 Å². The van der Waals surface area contributed by atoms with Gasteiger partial charge in [-0.15, -0.1) is 0 Å². The highest BCUT2D eigenvalue weighted by Crippen LogP contribution is 2.30. The van der Waals surface area contributed by atoms with Crippen LogP contribution in [0.4, 0.5) is 0 Å². The van der Waals surface area contributed by atoms with E-state index in [1.165, 1.54) is 5.56 Å². The summed E-state index contributed by atoms with van der Waals surface area (Å²) in [5.74, 6) is 1.16. The molecule has 1 amide bonds. The molecular formula is C24H33NO2. The maximum Gasteiger partial charge on any atom is 0.223 e. The number of hydrogen-bond acceptors (Lipinski definition) is 2. The zero-order valence-corrected chi connectivity index (χ0v) is 17.2. The highest BCUT2D eigenvalue weighted by molar-refractivity contribution is 5.77. The maximum absolute atomic E-state index is 13.0. The number of amides is 1. The van der Waals surface area contributed by atoms with E-state index in [1.54, 1.807) is 0 Å². The highest BCUT2D eigenvalue weighted by atomic mass is 16.5. The summed E-state index contributed by atoms with van der Waals surface area (Å²) >= 11 is 0. The molecule has 0 fully saturated rings. The summed E-state index contributed by atoms with van der Waals surface area (Å²) in [6, 6.07) is 18.5. The average Bonchev–Trinajstić information content (AvgIpc) is 2.67. The van der Waals surface area contributed by atoms with Crippen LogP contribution in [0.5, 0.6) is 5.75 Å². The normalized spacial score (nSPS) is 12.0. The van der Waals surface area contributed by atoms with Crippen LogP contribution in [0.2, 0.25) is 0 Å². The molecule has 0 saturated heterocycles. The average molecular weight is 368 g/mol. The molecule has 2 rings (SSSR count). The summed E-state index contributed by atoms with van der Waals surface area (Å²) in [4.78, 5) is 15.0. The van der Waals surface area contributed by atoms with Gasteiger partial charge in [-0.3, -0.25) is 4.79 Å². The minimum atomic E-state index is 0.0583. The summed E-state index contributed by atoms with van der Waals surface area (Å²) in [6.45, 7) is 9.95. The van der Waals surface area contributed by atoms with E-state index in [1.807, 2.05) is 49.1 Å². The molecule has 2 aromatic carbocycles. The molecule has 0 radical (unpaired) electrons.